The molecule has 1 aromatic rings. The second kappa shape index (κ2) is 9.36. The molecule has 3 N–H and O–H groups in total. The number of anilines is 2. The minimum Gasteiger partial charge on any atom is -0.388 e. The monoisotopic (exact) mass is 472 g/mol. The number of β-amino-alcohol motifs (C(OH)–C–C–N with tert-alkyl or cyclic N) is 1. The van der Waals surface area contributed by atoms with Gasteiger partial charge in [-0.25, -0.2) is 0 Å². The number of rotatable bonds is 6. The van der Waals surface area contributed by atoms with Crippen LogP contribution in [0.1, 0.15) is 56.3 Å². The summed E-state index contributed by atoms with van der Waals surface area (Å²) in [6.45, 7) is 4.19. The molecule has 1 saturated heterocycles. The predicted molar refractivity (Wildman–Crippen MR) is 119 cm³/mol. The van der Waals surface area contributed by atoms with Crippen molar-refractivity contribution in [3.63, 3.8) is 0 Å². The Morgan fingerprint density at radius 1 is 1.30 bits per heavy atom. The molecule has 184 valence electrons. The molecule has 1 aliphatic heterocycles. The zero-order valence-corrected chi connectivity index (χ0v) is 19.0. The van der Waals surface area contributed by atoms with Crippen molar-refractivity contribution < 1.29 is 28.0 Å². The number of hydrogen-bond acceptors (Lipinski definition) is 6. The highest BCUT2D eigenvalue weighted by Gasteiger charge is 2.42. The molecule has 0 radical (unpaired) electrons. The number of halogens is 3. The van der Waals surface area contributed by atoms with E-state index in [0.29, 0.717) is 31.5 Å². The molecule has 1 aliphatic carbocycles. The van der Waals surface area contributed by atoms with Crippen LogP contribution in [-0.4, -0.2) is 53.9 Å². The van der Waals surface area contributed by atoms with Gasteiger partial charge in [0.15, 0.2) is 0 Å². The number of hydrogen-bond donors (Lipinski definition) is 3. The summed E-state index contributed by atoms with van der Waals surface area (Å²) in [5, 5.41) is 27.6. The van der Waals surface area contributed by atoms with E-state index >= 15 is 0 Å². The van der Waals surface area contributed by atoms with Crippen LogP contribution >= 0.6 is 0 Å². The maximum Gasteiger partial charge on any atom is 0.391 e. The minimum atomic E-state index is -4.20. The first kappa shape index (κ1) is 25.1. The van der Waals surface area contributed by atoms with Crippen LogP contribution in [-0.2, 0) is 0 Å². The Kier molecular flexibility index (Phi) is 7.11. The van der Waals surface area contributed by atoms with Crippen LogP contribution in [0.15, 0.2) is 12.1 Å². The van der Waals surface area contributed by atoms with Gasteiger partial charge in [0.2, 0.25) is 0 Å². The topological polar surface area (TPSA) is 108 Å². The average Bonchev–Trinajstić information content (AvgIpc) is 3.11. The Balaban J connectivity index is 1.82. The van der Waals surface area contributed by atoms with Crippen molar-refractivity contribution in [2.45, 2.75) is 63.8 Å². The van der Waals surface area contributed by atoms with E-state index in [-0.39, 0.29) is 48.3 Å². The van der Waals surface area contributed by atoms with Crippen molar-refractivity contribution >= 4 is 23.0 Å². The normalized spacial score (nSPS) is 26.7. The number of nitrogens with zero attached hydrogens (tertiary/aromatic N) is 2. The third-order valence-electron chi connectivity index (χ3n) is 6.92. The fourth-order valence-electron chi connectivity index (χ4n) is 4.87. The number of carbonyl (C=O) groups excluding carboxylic acids is 1. The van der Waals surface area contributed by atoms with Crippen LogP contribution in [0.4, 0.5) is 30.2 Å². The molecule has 1 saturated carbocycles. The SMILES string of the molecule is CNc1cc(N2CCC(C)(O)C2)c(C(=O)N[C@H](C)C2CCC(C(F)(F)F)CC2)cc1[N+](=O)[O-]. The fraction of sp³-hybridized carbons (Fsp3) is 0.682. The summed E-state index contributed by atoms with van der Waals surface area (Å²) in [6.07, 6.45) is -2.94. The second-order valence-corrected chi connectivity index (χ2v) is 9.48. The van der Waals surface area contributed by atoms with Crippen molar-refractivity contribution in [3.8, 4) is 0 Å². The zero-order valence-electron chi connectivity index (χ0n) is 19.0. The first-order valence-corrected chi connectivity index (χ1v) is 11.2. The van der Waals surface area contributed by atoms with Crippen molar-refractivity contribution in [2.24, 2.45) is 11.8 Å². The van der Waals surface area contributed by atoms with Gasteiger partial charge in [-0.2, -0.15) is 13.2 Å². The molecule has 2 aliphatic rings. The van der Waals surface area contributed by atoms with Crippen molar-refractivity contribution in [1.29, 1.82) is 0 Å². The third-order valence-corrected chi connectivity index (χ3v) is 6.92. The van der Waals surface area contributed by atoms with Crippen LogP contribution in [0.2, 0.25) is 0 Å². The van der Waals surface area contributed by atoms with Crippen LogP contribution in [0.3, 0.4) is 0 Å². The van der Waals surface area contributed by atoms with Crippen LogP contribution in [0.5, 0.6) is 0 Å². The van der Waals surface area contributed by atoms with E-state index in [9.17, 15) is 33.2 Å². The molecule has 2 atom stereocenters. The summed E-state index contributed by atoms with van der Waals surface area (Å²) >= 11 is 0. The minimum absolute atomic E-state index is 0.0326. The molecule has 0 aromatic heterocycles. The molecule has 1 amide bonds. The Labute approximate surface area is 190 Å². The maximum atomic E-state index is 13.2. The van der Waals surface area contributed by atoms with Gasteiger partial charge in [0.25, 0.3) is 11.6 Å². The molecule has 8 nitrogen and oxygen atoms in total. The van der Waals surface area contributed by atoms with Gasteiger partial charge in [-0.1, -0.05) is 0 Å². The predicted octanol–water partition coefficient (Wildman–Crippen LogP) is 4.08. The third kappa shape index (κ3) is 5.69. The van der Waals surface area contributed by atoms with Gasteiger partial charge in [-0.3, -0.25) is 14.9 Å². The Morgan fingerprint density at radius 3 is 2.42 bits per heavy atom. The molecular formula is C22H31F3N4O4. The standard InChI is InChI=1S/C22H31F3N4O4/c1-13(14-4-6-15(7-5-14)22(23,24)25)27-20(30)16-10-19(29(32)33)17(26-3)11-18(16)28-9-8-21(2,31)12-28/h10-11,13-15,26,31H,4-9,12H2,1-3H3,(H,27,30)/t13-,14?,15?,21?/m1/s1. The number of nitro benzene ring substituents is 1. The van der Waals surface area contributed by atoms with Gasteiger partial charge < -0.3 is 20.6 Å². The number of nitrogens with one attached hydrogen (secondary N) is 2. The smallest absolute Gasteiger partial charge is 0.388 e. The van der Waals surface area contributed by atoms with Crippen molar-refractivity contribution in [1.82, 2.24) is 5.32 Å². The van der Waals surface area contributed by atoms with Crippen LogP contribution in [0.25, 0.3) is 0 Å². The molecule has 0 spiro atoms. The number of benzene rings is 1. The van der Waals surface area contributed by atoms with Crippen molar-refractivity contribution in [3.05, 3.63) is 27.8 Å². The van der Waals surface area contributed by atoms with Gasteiger partial charge >= 0.3 is 6.18 Å². The molecule has 2 fully saturated rings. The number of amides is 1. The van der Waals surface area contributed by atoms with Crippen LogP contribution < -0.4 is 15.5 Å². The van der Waals surface area contributed by atoms with Gasteiger partial charge in [0.05, 0.1) is 27.7 Å². The summed E-state index contributed by atoms with van der Waals surface area (Å²) in [6, 6.07) is 2.37. The first-order valence-electron chi connectivity index (χ1n) is 11.2. The summed E-state index contributed by atoms with van der Waals surface area (Å²) in [5.74, 6) is -1.93. The number of carbonyl (C=O) groups is 1. The lowest BCUT2D eigenvalue weighted by Gasteiger charge is -2.33. The van der Waals surface area contributed by atoms with E-state index in [0.717, 1.165) is 0 Å². The summed E-state index contributed by atoms with van der Waals surface area (Å²) in [5.41, 5.74) is -0.380. The molecule has 11 heteroatoms. The Hall–Kier alpha value is -2.56. The highest BCUT2D eigenvalue weighted by atomic mass is 19.4. The molecule has 1 heterocycles. The van der Waals surface area contributed by atoms with E-state index in [2.05, 4.69) is 10.6 Å². The summed E-state index contributed by atoms with van der Waals surface area (Å²) < 4.78 is 38.9. The van der Waals surface area contributed by atoms with Crippen molar-refractivity contribution in [2.75, 3.05) is 30.4 Å². The lowest BCUT2D eigenvalue weighted by atomic mass is 9.78. The molecule has 1 aromatic carbocycles. The molecule has 1 unspecified atom stereocenters. The fourth-order valence-corrected chi connectivity index (χ4v) is 4.87. The van der Waals surface area contributed by atoms with Gasteiger partial charge in [0.1, 0.15) is 5.69 Å². The zero-order chi connectivity index (χ0) is 24.6. The van der Waals surface area contributed by atoms with Gasteiger partial charge in [0, 0.05) is 32.2 Å². The Morgan fingerprint density at radius 2 is 1.94 bits per heavy atom. The highest BCUT2D eigenvalue weighted by Crippen LogP contribution is 2.41. The quantitative estimate of drug-likeness (QED) is 0.425. The number of aliphatic hydroxyl groups is 1. The van der Waals surface area contributed by atoms with Gasteiger partial charge in [-0.05, 0) is 57.9 Å². The van der Waals surface area contributed by atoms with E-state index in [1.807, 2.05) is 4.90 Å². The van der Waals surface area contributed by atoms with E-state index in [4.69, 9.17) is 0 Å². The Bertz CT molecular complexity index is 898. The molecule has 3 rings (SSSR count). The van der Waals surface area contributed by atoms with Crippen LogP contribution in [0, 0.1) is 22.0 Å². The molecular weight excluding hydrogens is 441 g/mol. The lowest BCUT2D eigenvalue weighted by molar-refractivity contribution is -0.383. The largest absolute Gasteiger partial charge is 0.391 e. The molecule has 0 bridgehead atoms. The van der Waals surface area contributed by atoms with Gasteiger partial charge in [-0.15, -0.1) is 0 Å². The summed E-state index contributed by atoms with van der Waals surface area (Å²) in [7, 11) is 1.55. The average molecular weight is 473 g/mol. The first-order chi connectivity index (χ1) is 15.3. The van der Waals surface area contributed by atoms with E-state index in [1.54, 1.807) is 20.9 Å². The molecule has 33 heavy (non-hydrogen) atoms. The maximum absolute atomic E-state index is 13.2. The van der Waals surface area contributed by atoms with E-state index < -0.39 is 28.5 Å². The highest BCUT2D eigenvalue weighted by molar-refractivity contribution is 6.02. The summed E-state index contributed by atoms with van der Waals surface area (Å²) in [4.78, 5) is 26.0. The number of nitro groups is 1. The second-order valence-electron chi connectivity index (χ2n) is 9.48. The van der Waals surface area contributed by atoms with E-state index in [1.165, 1.54) is 12.1 Å². The lowest BCUT2D eigenvalue weighted by Crippen LogP contribution is -2.41. The number of alkyl halides is 3.